The average Bonchev–Trinajstić information content (AvgIpc) is 3.33. The number of hydrogen-bond donors (Lipinski definition) is 3. The van der Waals surface area contributed by atoms with Crippen LogP contribution in [0.25, 0.3) is 5.65 Å². The smallest absolute Gasteiger partial charge is 0.305 e. The van der Waals surface area contributed by atoms with Gasteiger partial charge in [0, 0.05) is 19.3 Å². The molecule has 3 N–H and O–H groups in total. The van der Waals surface area contributed by atoms with Crippen LogP contribution >= 0.6 is 0 Å². The van der Waals surface area contributed by atoms with Crippen LogP contribution in [0.3, 0.4) is 0 Å². The highest BCUT2D eigenvalue weighted by atomic mass is 16.4. The quantitative estimate of drug-likeness (QED) is 0.617. The number of aromatic nitrogens is 2. The van der Waals surface area contributed by atoms with Gasteiger partial charge in [-0.2, -0.15) is 0 Å². The van der Waals surface area contributed by atoms with Gasteiger partial charge in [-0.05, 0) is 79.2 Å². The molecule has 4 aliphatic rings. The van der Waals surface area contributed by atoms with Crippen LogP contribution in [0.2, 0.25) is 0 Å². The zero-order valence-corrected chi connectivity index (χ0v) is 18.0. The van der Waals surface area contributed by atoms with Crippen molar-refractivity contribution in [2.24, 2.45) is 28.6 Å². The molecule has 4 fully saturated rings. The zero-order valence-electron chi connectivity index (χ0n) is 18.0. The van der Waals surface area contributed by atoms with Gasteiger partial charge in [-0.15, -0.1) is 0 Å². The summed E-state index contributed by atoms with van der Waals surface area (Å²) in [6.45, 7) is 0.753. The van der Waals surface area contributed by atoms with Crippen molar-refractivity contribution >= 4 is 23.4 Å². The molecular formula is C24H28N4O4. The Morgan fingerprint density at radius 2 is 1.97 bits per heavy atom. The van der Waals surface area contributed by atoms with Crippen LogP contribution in [0.4, 0.5) is 0 Å². The largest absolute Gasteiger partial charge is 0.481 e. The standard InChI is InChI=1S/C24H28N4O4/c29-20(30)4-5-25-21(31)17-11-28-18(2-1-3-19(28)27-17)22(32)26-13-23-8-14-6-15-7-16(10-23)24(15,9-14)12-23/h1-3,11,14-16H,4-10,12-13H2,(H,25,31)(H,26,32)(H,29,30). The van der Waals surface area contributed by atoms with E-state index in [4.69, 9.17) is 5.11 Å². The number of amides is 2. The molecule has 0 aromatic carbocycles. The van der Waals surface area contributed by atoms with E-state index in [9.17, 15) is 14.4 Å². The SMILES string of the molecule is O=C(O)CCNC(=O)c1cn2c(C(=O)NCC34CC5CC6CC(C3)C6(C5)C4)cccc2n1. The Morgan fingerprint density at radius 3 is 2.81 bits per heavy atom. The number of fused-ring (bicyclic) bond motifs is 3. The van der Waals surface area contributed by atoms with Crippen LogP contribution < -0.4 is 10.6 Å². The third-order valence-electron chi connectivity index (χ3n) is 8.79. The van der Waals surface area contributed by atoms with Gasteiger partial charge in [0.05, 0.1) is 6.42 Å². The lowest BCUT2D eigenvalue weighted by Gasteiger charge is -2.49. The molecule has 8 nitrogen and oxygen atoms in total. The van der Waals surface area contributed by atoms with Crippen molar-refractivity contribution in [1.29, 1.82) is 0 Å². The van der Waals surface area contributed by atoms with E-state index in [0.717, 1.165) is 24.3 Å². The van der Waals surface area contributed by atoms with E-state index in [1.165, 1.54) is 38.5 Å². The van der Waals surface area contributed by atoms with E-state index in [1.807, 2.05) is 0 Å². The minimum Gasteiger partial charge on any atom is -0.481 e. The van der Waals surface area contributed by atoms with Crippen LogP contribution in [0, 0.1) is 28.6 Å². The summed E-state index contributed by atoms with van der Waals surface area (Å²) in [7, 11) is 0. The number of pyridine rings is 1. The number of nitrogens with one attached hydrogen (secondary N) is 2. The lowest BCUT2D eigenvalue weighted by molar-refractivity contribution is -0.136. The Hall–Kier alpha value is -2.90. The van der Waals surface area contributed by atoms with Crippen molar-refractivity contribution in [3.8, 4) is 0 Å². The fourth-order valence-electron chi connectivity index (χ4n) is 7.78. The Labute approximate surface area is 185 Å². The Morgan fingerprint density at radius 1 is 1.09 bits per heavy atom. The van der Waals surface area contributed by atoms with Crippen molar-refractivity contribution in [3.63, 3.8) is 0 Å². The van der Waals surface area contributed by atoms with Gasteiger partial charge in [0.1, 0.15) is 17.0 Å². The van der Waals surface area contributed by atoms with E-state index in [0.29, 0.717) is 16.8 Å². The van der Waals surface area contributed by atoms with Crippen molar-refractivity contribution in [2.45, 2.75) is 44.9 Å². The normalized spacial score (nSPS) is 33.7. The summed E-state index contributed by atoms with van der Waals surface area (Å²) in [5.74, 6) is 1.08. The number of carboxylic acid groups (broad SMARTS) is 1. The second-order valence-electron chi connectivity index (χ2n) is 10.6. The highest BCUT2D eigenvalue weighted by Crippen LogP contribution is 2.78. The fraction of sp³-hybridized carbons (Fsp3) is 0.583. The number of carbonyl (C=O) groups excluding carboxylic acids is 2. The van der Waals surface area contributed by atoms with Gasteiger partial charge in [-0.1, -0.05) is 6.07 Å². The van der Waals surface area contributed by atoms with Gasteiger partial charge in [-0.25, -0.2) is 4.98 Å². The Bertz CT molecular complexity index is 1140. The van der Waals surface area contributed by atoms with E-state index in [1.54, 1.807) is 28.8 Å². The number of nitrogens with zero attached hydrogens (tertiary/aromatic N) is 2. The molecule has 2 aromatic rings. The molecule has 0 aliphatic heterocycles. The lowest BCUT2D eigenvalue weighted by Crippen LogP contribution is -2.43. The lowest BCUT2D eigenvalue weighted by atomic mass is 9.55. The third-order valence-corrected chi connectivity index (χ3v) is 8.79. The number of aliphatic carboxylic acids is 1. The van der Waals surface area contributed by atoms with Crippen LogP contribution in [-0.2, 0) is 4.79 Å². The molecule has 0 radical (unpaired) electrons. The molecule has 168 valence electrons. The van der Waals surface area contributed by atoms with Crippen LogP contribution in [0.5, 0.6) is 0 Å². The molecule has 32 heavy (non-hydrogen) atoms. The average molecular weight is 437 g/mol. The first-order chi connectivity index (χ1) is 15.4. The summed E-state index contributed by atoms with van der Waals surface area (Å²) in [6, 6.07) is 5.25. The first-order valence-corrected chi connectivity index (χ1v) is 11.6. The summed E-state index contributed by atoms with van der Waals surface area (Å²) in [5, 5.41) is 14.5. The van der Waals surface area contributed by atoms with E-state index in [2.05, 4.69) is 15.6 Å². The van der Waals surface area contributed by atoms with Crippen LogP contribution in [0.15, 0.2) is 24.4 Å². The summed E-state index contributed by atoms with van der Waals surface area (Å²) >= 11 is 0. The molecule has 5 atom stereocenters. The summed E-state index contributed by atoms with van der Waals surface area (Å²) in [5.41, 5.74) is 1.98. The molecule has 2 heterocycles. The molecular weight excluding hydrogens is 408 g/mol. The molecule has 1 spiro atoms. The van der Waals surface area contributed by atoms with Crippen LogP contribution in [-0.4, -0.2) is 45.4 Å². The van der Waals surface area contributed by atoms with Gasteiger partial charge in [0.15, 0.2) is 0 Å². The van der Waals surface area contributed by atoms with Crippen molar-refractivity contribution in [1.82, 2.24) is 20.0 Å². The Balaban J connectivity index is 1.17. The fourth-order valence-corrected chi connectivity index (χ4v) is 7.78. The number of carboxylic acids is 1. The maximum atomic E-state index is 13.1. The first kappa shape index (κ1) is 19.8. The highest BCUT2D eigenvalue weighted by molar-refractivity contribution is 5.95. The molecule has 2 amide bonds. The van der Waals surface area contributed by atoms with Gasteiger partial charge >= 0.3 is 5.97 Å². The van der Waals surface area contributed by atoms with Crippen LogP contribution in [0.1, 0.15) is 65.9 Å². The summed E-state index contributed by atoms with van der Waals surface area (Å²) in [6.07, 6.45) is 9.40. The van der Waals surface area contributed by atoms with Crippen molar-refractivity contribution in [3.05, 3.63) is 35.8 Å². The Kier molecular flexibility index (Phi) is 4.20. The topological polar surface area (TPSA) is 113 Å². The van der Waals surface area contributed by atoms with Crippen molar-refractivity contribution in [2.75, 3.05) is 13.1 Å². The number of imidazole rings is 1. The van der Waals surface area contributed by atoms with E-state index >= 15 is 0 Å². The molecule has 0 saturated heterocycles. The van der Waals surface area contributed by atoms with Gasteiger partial charge in [0.25, 0.3) is 11.8 Å². The predicted molar refractivity (Wildman–Crippen MR) is 115 cm³/mol. The zero-order chi connectivity index (χ0) is 22.1. The molecule has 4 saturated carbocycles. The minimum atomic E-state index is -0.977. The highest BCUT2D eigenvalue weighted by Gasteiger charge is 2.70. The molecule has 4 aliphatic carbocycles. The first-order valence-electron chi connectivity index (χ1n) is 11.6. The maximum Gasteiger partial charge on any atom is 0.305 e. The van der Waals surface area contributed by atoms with E-state index in [-0.39, 0.29) is 30.0 Å². The van der Waals surface area contributed by atoms with Gasteiger partial charge < -0.3 is 15.7 Å². The summed E-state index contributed by atoms with van der Waals surface area (Å²) in [4.78, 5) is 40.4. The number of rotatable bonds is 7. The number of hydrogen-bond acceptors (Lipinski definition) is 4. The molecule has 2 aromatic heterocycles. The summed E-state index contributed by atoms with van der Waals surface area (Å²) < 4.78 is 1.64. The second kappa shape index (κ2) is 6.80. The molecule has 8 heteroatoms. The van der Waals surface area contributed by atoms with Crippen molar-refractivity contribution < 1.29 is 19.5 Å². The van der Waals surface area contributed by atoms with Gasteiger partial charge in [-0.3, -0.25) is 18.8 Å². The maximum absolute atomic E-state index is 13.1. The van der Waals surface area contributed by atoms with Gasteiger partial charge in [0.2, 0.25) is 0 Å². The van der Waals surface area contributed by atoms with E-state index < -0.39 is 11.9 Å². The number of carbonyl (C=O) groups is 3. The monoisotopic (exact) mass is 436 g/mol. The molecule has 6 rings (SSSR count). The third kappa shape index (κ3) is 2.88. The molecule has 3 bridgehead atoms. The second-order valence-corrected chi connectivity index (χ2v) is 10.6. The molecule has 5 unspecified atom stereocenters. The minimum absolute atomic E-state index is 0.0296. The predicted octanol–water partition coefficient (Wildman–Crippen LogP) is 2.48.